The molecule has 1 heterocycles. The maximum atomic E-state index is 12.1. The summed E-state index contributed by atoms with van der Waals surface area (Å²) in [6.45, 7) is 0.247. The van der Waals surface area contributed by atoms with Crippen molar-refractivity contribution in [1.29, 1.82) is 0 Å². The van der Waals surface area contributed by atoms with Crippen molar-refractivity contribution in [2.75, 3.05) is 11.9 Å². The molecule has 0 saturated carbocycles. The van der Waals surface area contributed by atoms with E-state index >= 15 is 0 Å². The smallest absolute Gasteiger partial charge is 0.256 e. The molecule has 0 aliphatic rings. The second-order valence-corrected chi connectivity index (χ2v) is 6.52. The highest BCUT2D eigenvalue weighted by Gasteiger charge is 2.10. The number of hydrogen-bond acceptors (Lipinski definition) is 3. The molecule has 3 nitrogen and oxygen atoms in total. The van der Waals surface area contributed by atoms with Crippen LogP contribution in [0.15, 0.2) is 33.4 Å². The van der Waals surface area contributed by atoms with Gasteiger partial charge < -0.3 is 11.1 Å². The summed E-state index contributed by atoms with van der Waals surface area (Å²) in [6.07, 6.45) is 0. The largest absolute Gasteiger partial charge is 0.321 e. The van der Waals surface area contributed by atoms with Crippen LogP contribution in [0.5, 0.6) is 0 Å². The molecule has 102 valence electrons. The Morgan fingerprint density at radius 3 is 2.90 bits per heavy atom. The first-order valence-corrected chi connectivity index (χ1v) is 7.69. The quantitative estimate of drug-likeness (QED) is 0.793. The van der Waals surface area contributed by atoms with Crippen molar-refractivity contribution < 1.29 is 4.79 Å². The van der Waals surface area contributed by atoms with Gasteiger partial charge in [0.2, 0.25) is 0 Å². The summed E-state index contributed by atoms with van der Waals surface area (Å²) < 4.78 is 0.905. The monoisotopic (exact) mass is 368 g/mol. The molecule has 1 aromatic heterocycles. The number of hydrogen-bond donors (Lipinski definition) is 2. The molecule has 0 spiro atoms. The van der Waals surface area contributed by atoms with Gasteiger partial charge in [-0.3, -0.25) is 4.79 Å². The summed E-state index contributed by atoms with van der Waals surface area (Å²) in [6, 6.07) is 6.89. The second-order valence-electron chi connectivity index (χ2n) is 3.79. The minimum atomic E-state index is -0.190. The Balaban J connectivity index is 2.26. The van der Waals surface area contributed by atoms with E-state index < -0.39 is 0 Å². The van der Waals surface area contributed by atoms with Crippen LogP contribution in [0, 0.1) is 11.8 Å². The van der Waals surface area contributed by atoms with Gasteiger partial charge in [0.25, 0.3) is 5.91 Å². The lowest BCUT2D eigenvalue weighted by Gasteiger charge is -2.07. The van der Waals surface area contributed by atoms with E-state index in [-0.39, 0.29) is 12.5 Å². The van der Waals surface area contributed by atoms with Crippen LogP contribution in [0.4, 0.5) is 5.69 Å². The molecule has 2 rings (SSSR count). The van der Waals surface area contributed by atoms with Crippen molar-refractivity contribution in [3.63, 3.8) is 0 Å². The van der Waals surface area contributed by atoms with E-state index in [9.17, 15) is 4.79 Å². The van der Waals surface area contributed by atoms with Crippen LogP contribution in [-0.4, -0.2) is 12.5 Å². The molecule has 3 N–H and O–H groups in total. The number of thiophene rings is 1. The highest BCUT2D eigenvalue weighted by atomic mass is 79.9. The van der Waals surface area contributed by atoms with Crippen LogP contribution in [-0.2, 0) is 0 Å². The van der Waals surface area contributed by atoms with E-state index in [1.807, 2.05) is 0 Å². The first-order valence-electron chi connectivity index (χ1n) is 5.64. The van der Waals surface area contributed by atoms with Crippen LogP contribution in [0.2, 0.25) is 5.02 Å². The van der Waals surface area contributed by atoms with Gasteiger partial charge in [-0.1, -0.05) is 23.4 Å². The van der Waals surface area contributed by atoms with E-state index in [0.29, 0.717) is 21.8 Å². The number of nitrogens with two attached hydrogens (primary N) is 1. The fraction of sp³-hybridized carbons (Fsp3) is 0.0714. The molecule has 0 aliphatic carbocycles. The third-order valence-electron chi connectivity index (χ3n) is 2.38. The Kier molecular flexibility index (Phi) is 5.21. The minimum absolute atomic E-state index is 0.190. The van der Waals surface area contributed by atoms with Gasteiger partial charge in [-0.25, -0.2) is 0 Å². The third kappa shape index (κ3) is 3.84. The number of amides is 1. The van der Waals surface area contributed by atoms with E-state index in [0.717, 1.165) is 3.79 Å². The molecular formula is C14H10BrClN2OS. The molecular weight excluding hydrogens is 360 g/mol. The van der Waals surface area contributed by atoms with Gasteiger partial charge in [-0.15, -0.1) is 11.3 Å². The normalized spacial score (nSPS) is 9.75. The summed E-state index contributed by atoms with van der Waals surface area (Å²) in [5.41, 5.74) is 7.21. The lowest BCUT2D eigenvalue weighted by molar-refractivity contribution is 0.102. The van der Waals surface area contributed by atoms with Gasteiger partial charge in [0.15, 0.2) is 0 Å². The Labute approximate surface area is 134 Å². The van der Waals surface area contributed by atoms with Crippen molar-refractivity contribution in [2.45, 2.75) is 0 Å². The standard InChI is InChI=1S/C14H10BrClN2OS/c15-13-7-10(8-20-13)14(19)18-12-4-3-11(16)6-9(12)2-1-5-17/h3-4,6-8H,5,17H2,(H,18,19). The number of carbonyl (C=O) groups is 1. The number of rotatable bonds is 2. The zero-order chi connectivity index (χ0) is 14.5. The Morgan fingerprint density at radius 1 is 1.45 bits per heavy atom. The Hall–Kier alpha value is -1.32. The maximum absolute atomic E-state index is 12.1. The van der Waals surface area contributed by atoms with Crippen LogP contribution < -0.4 is 11.1 Å². The minimum Gasteiger partial charge on any atom is -0.321 e. The lowest BCUT2D eigenvalue weighted by atomic mass is 10.1. The molecule has 0 atom stereocenters. The lowest BCUT2D eigenvalue weighted by Crippen LogP contribution is -2.11. The fourth-order valence-corrected chi connectivity index (χ4v) is 2.81. The summed E-state index contributed by atoms with van der Waals surface area (Å²) >= 11 is 10.7. The molecule has 0 radical (unpaired) electrons. The fourth-order valence-electron chi connectivity index (χ4n) is 1.50. The van der Waals surface area contributed by atoms with Crippen molar-refractivity contribution in [3.8, 4) is 11.8 Å². The number of nitrogens with one attached hydrogen (secondary N) is 1. The predicted octanol–water partition coefficient (Wildman–Crippen LogP) is 3.73. The summed E-state index contributed by atoms with van der Waals surface area (Å²) in [5.74, 6) is 5.46. The molecule has 6 heteroatoms. The van der Waals surface area contributed by atoms with Gasteiger partial charge in [0, 0.05) is 16.0 Å². The zero-order valence-corrected chi connectivity index (χ0v) is 13.4. The molecule has 0 fully saturated rings. The van der Waals surface area contributed by atoms with Crippen LogP contribution in [0.1, 0.15) is 15.9 Å². The van der Waals surface area contributed by atoms with Gasteiger partial charge in [0.05, 0.1) is 21.6 Å². The molecule has 2 aromatic rings. The molecule has 20 heavy (non-hydrogen) atoms. The average molecular weight is 370 g/mol. The SMILES string of the molecule is NCC#Cc1cc(Cl)ccc1NC(=O)c1csc(Br)c1. The Morgan fingerprint density at radius 2 is 2.25 bits per heavy atom. The Bertz CT molecular complexity index is 703. The average Bonchev–Trinajstić information content (AvgIpc) is 2.85. The molecule has 1 amide bonds. The number of anilines is 1. The van der Waals surface area contributed by atoms with Crippen LogP contribution in [0.3, 0.4) is 0 Å². The molecule has 1 aromatic carbocycles. The van der Waals surface area contributed by atoms with Gasteiger partial charge in [0.1, 0.15) is 0 Å². The molecule has 0 unspecified atom stereocenters. The topological polar surface area (TPSA) is 55.1 Å². The van der Waals surface area contributed by atoms with E-state index in [1.165, 1.54) is 11.3 Å². The van der Waals surface area contributed by atoms with E-state index in [1.54, 1.807) is 29.6 Å². The van der Waals surface area contributed by atoms with Crippen molar-refractivity contribution in [3.05, 3.63) is 49.6 Å². The summed E-state index contributed by atoms with van der Waals surface area (Å²) in [5, 5.41) is 5.16. The first kappa shape index (κ1) is 15.1. The molecule has 0 saturated heterocycles. The highest BCUT2D eigenvalue weighted by Crippen LogP contribution is 2.23. The molecule has 0 aliphatic heterocycles. The van der Waals surface area contributed by atoms with E-state index in [2.05, 4.69) is 33.1 Å². The first-order chi connectivity index (χ1) is 9.60. The van der Waals surface area contributed by atoms with Crippen molar-refractivity contribution in [2.24, 2.45) is 5.73 Å². The summed E-state index contributed by atoms with van der Waals surface area (Å²) in [7, 11) is 0. The highest BCUT2D eigenvalue weighted by molar-refractivity contribution is 9.11. The van der Waals surface area contributed by atoms with Crippen molar-refractivity contribution >= 4 is 50.5 Å². The summed E-state index contributed by atoms with van der Waals surface area (Å²) in [4.78, 5) is 12.1. The van der Waals surface area contributed by atoms with E-state index in [4.69, 9.17) is 17.3 Å². The van der Waals surface area contributed by atoms with Gasteiger partial charge in [-0.2, -0.15) is 0 Å². The van der Waals surface area contributed by atoms with Gasteiger partial charge >= 0.3 is 0 Å². The predicted molar refractivity (Wildman–Crippen MR) is 87.4 cm³/mol. The third-order valence-corrected chi connectivity index (χ3v) is 4.12. The number of halogens is 2. The van der Waals surface area contributed by atoms with Gasteiger partial charge in [-0.05, 0) is 40.2 Å². The van der Waals surface area contributed by atoms with Crippen molar-refractivity contribution in [1.82, 2.24) is 0 Å². The number of carbonyl (C=O) groups excluding carboxylic acids is 1. The zero-order valence-electron chi connectivity index (χ0n) is 10.2. The second kappa shape index (κ2) is 6.91. The van der Waals surface area contributed by atoms with Crippen LogP contribution in [0.25, 0.3) is 0 Å². The maximum Gasteiger partial charge on any atom is 0.256 e. The molecule has 0 bridgehead atoms. The number of benzene rings is 1. The van der Waals surface area contributed by atoms with Crippen LogP contribution >= 0.6 is 38.9 Å².